The highest BCUT2D eigenvalue weighted by Crippen LogP contribution is 2.39. The topological polar surface area (TPSA) is 106 Å². The molecule has 4 rings (SSSR count). The van der Waals surface area contributed by atoms with Crippen LogP contribution in [-0.4, -0.2) is 65.9 Å². The minimum Gasteiger partial charge on any atom is -0.396 e. The van der Waals surface area contributed by atoms with E-state index in [0.29, 0.717) is 30.5 Å². The fourth-order valence-electron chi connectivity index (χ4n) is 6.86. The van der Waals surface area contributed by atoms with E-state index < -0.39 is 0 Å². The molecule has 1 aliphatic carbocycles. The molecule has 3 heterocycles. The number of carbonyl (C=O) groups is 2. The molecule has 0 aromatic heterocycles. The fourth-order valence-corrected chi connectivity index (χ4v) is 6.86. The highest BCUT2D eigenvalue weighted by atomic mass is 16.3. The molecule has 0 aromatic carbocycles. The molecule has 3 aliphatic heterocycles. The lowest BCUT2D eigenvalue weighted by molar-refractivity contribution is -0.132. The average molecular weight is 464 g/mol. The highest BCUT2D eigenvalue weighted by molar-refractivity contribution is 5.83. The Morgan fingerprint density at radius 2 is 1.91 bits per heavy atom. The standard InChI is InChI=1S/C25H45N5O3/c1-14(2)30-23-21(12-27-30)19(10-22(29-23)18-7-5-17(13-31)6-8-18)24(32)26-11-20-15(3)9-16(4)28-25(20)33/h14-23,27,29,31H,5-13H2,1-4H3,(H,26,32)(H,28,33). The van der Waals surface area contributed by atoms with Crippen molar-refractivity contribution in [3.63, 3.8) is 0 Å². The second-order valence-corrected chi connectivity index (χ2v) is 11.5. The first-order chi connectivity index (χ1) is 15.8. The predicted octanol–water partition coefficient (Wildman–Crippen LogP) is 1.21. The quantitative estimate of drug-likeness (QED) is 0.406. The second kappa shape index (κ2) is 10.6. The Balaban J connectivity index is 1.43. The minimum atomic E-state index is -0.152. The molecule has 7 atom stereocenters. The molecular weight excluding hydrogens is 418 g/mol. The van der Waals surface area contributed by atoms with Gasteiger partial charge in [-0.2, -0.15) is 0 Å². The smallest absolute Gasteiger partial charge is 0.225 e. The molecule has 2 amide bonds. The Labute approximate surface area is 199 Å². The number of hydrazine groups is 1. The van der Waals surface area contributed by atoms with Crippen molar-refractivity contribution in [3.05, 3.63) is 0 Å². The van der Waals surface area contributed by atoms with Gasteiger partial charge in [0.2, 0.25) is 11.8 Å². The molecule has 4 aliphatic rings. The van der Waals surface area contributed by atoms with Gasteiger partial charge in [-0.25, -0.2) is 5.01 Å². The summed E-state index contributed by atoms with van der Waals surface area (Å²) < 4.78 is 0. The first kappa shape index (κ1) is 24.9. The molecule has 0 bridgehead atoms. The van der Waals surface area contributed by atoms with E-state index in [4.69, 9.17) is 0 Å². The van der Waals surface area contributed by atoms with Gasteiger partial charge in [-0.05, 0) is 77.0 Å². The van der Waals surface area contributed by atoms with Crippen molar-refractivity contribution < 1.29 is 14.7 Å². The molecule has 33 heavy (non-hydrogen) atoms. The van der Waals surface area contributed by atoms with Crippen molar-refractivity contribution in [2.75, 3.05) is 19.7 Å². The number of piperidine rings is 2. The number of rotatable bonds is 6. The van der Waals surface area contributed by atoms with E-state index in [1.807, 2.05) is 6.92 Å². The van der Waals surface area contributed by atoms with Crippen LogP contribution >= 0.6 is 0 Å². The molecule has 4 fully saturated rings. The molecule has 7 unspecified atom stereocenters. The number of hydrogen-bond acceptors (Lipinski definition) is 6. The van der Waals surface area contributed by atoms with E-state index in [2.05, 4.69) is 47.2 Å². The SMILES string of the molecule is CC1CC(C)C(CNC(=O)C2CC(C3CCC(CO)CC3)NC3C2CNN3C(C)C)C(=O)N1. The first-order valence-corrected chi connectivity index (χ1v) is 13.2. The van der Waals surface area contributed by atoms with Crippen LogP contribution in [0.15, 0.2) is 0 Å². The third-order valence-corrected chi connectivity index (χ3v) is 8.87. The summed E-state index contributed by atoms with van der Waals surface area (Å²) in [5, 5.41) is 22.0. The summed E-state index contributed by atoms with van der Waals surface area (Å²) >= 11 is 0. The maximum Gasteiger partial charge on any atom is 0.225 e. The van der Waals surface area contributed by atoms with E-state index in [-0.39, 0.29) is 54.3 Å². The Hall–Kier alpha value is -1.22. The van der Waals surface area contributed by atoms with Crippen molar-refractivity contribution in [3.8, 4) is 0 Å². The number of carbonyl (C=O) groups excluding carboxylic acids is 2. The van der Waals surface area contributed by atoms with Gasteiger partial charge in [-0.3, -0.25) is 20.3 Å². The summed E-state index contributed by atoms with van der Waals surface area (Å²) in [5.41, 5.74) is 3.54. The van der Waals surface area contributed by atoms with E-state index in [9.17, 15) is 14.7 Å². The second-order valence-electron chi connectivity index (χ2n) is 11.5. The Morgan fingerprint density at radius 1 is 1.18 bits per heavy atom. The van der Waals surface area contributed by atoms with Crippen molar-refractivity contribution in [2.24, 2.45) is 35.5 Å². The van der Waals surface area contributed by atoms with E-state index in [1.165, 1.54) is 0 Å². The molecule has 3 saturated heterocycles. The van der Waals surface area contributed by atoms with E-state index in [1.54, 1.807) is 0 Å². The van der Waals surface area contributed by atoms with Crippen molar-refractivity contribution >= 4 is 11.8 Å². The predicted molar refractivity (Wildman–Crippen MR) is 128 cm³/mol. The Bertz CT molecular complexity index is 696. The number of aliphatic hydroxyl groups excluding tert-OH is 1. The zero-order valence-corrected chi connectivity index (χ0v) is 20.8. The third kappa shape index (κ3) is 5.39. The average Bonchev–Trinajstić information content (AvgIpc) is 3.22. The minimum absolute atomic E-state index is 0.0612. The van der Waals surface area contributed by atoms with Gasteiger partial charge < -0.3 is 15.7 Å². The maximum atomic E-state index is 13.5. The maximum absolute atomic E-state index is 13.5. The number of hydrogen-bond donors (Lipinski definition) is 5. The zero-order valence-electron chi connectivity index (χ0n) is 20.8. The number of nitrogens with zero attached hydrogens (tertiary/aromatic N) is 1. The van der Waals surface area contributed by atoms with Crippen molar-refractivity contribution in [1.29, 1.82) is 0 Å². The lowest BCUT2D eigenvalue weighted by Gasteiger charge is -2.45. The first-order valence-electron chi connectivity index (χ1n) is 13.2. The summed E-state index contributed by atoms with van der Waals surface area (Å²) in [6.07, 6.45) is 6.32. The highest BCUT2D eigenvalue weighted by Gasteiger charge is 2.49. The molecule has 1 saturated carbocycles. The molecule has 188 valence electrons. The normalized spacial score (nSPS) is 42.1. The van der Waals surface area contributed by atoms with Crippen LogP contribution in [-0.2, 0) is 9.59 Å². The van der Waals surface area contributed by atoms with Gasteiger partial charge in [-0.1, -0.05) is 6.92 Å². The molecular formula is C25H45N5O3. The number of aliphatic hydroxyl groups is 1. The van der Waals surface area contributed by atoms with Crippen LogP contribution in [0.4, 0.5) is 0 Å². The molecule has 0 aromatic rings. The van der Waals surface area contributed by atoms with Crippen LogP contribution in [0.3, 0.4) is 0 Å². The van der Waals surface area contributed by atoms with Crippen molar-refractivity contribution in [1.82, 2.24) is 26.4 Å². The van der Waals surface area contributed by atoms with Crippen LogP contribution < -0.4 is 21.4 Å². The van der Waals surface area contributed by atoms with Crippen LogP contribution in [0, 0.1) is 35.5 Å². The van der Waals surface area contributed by atoms with Gasteiger partial charge in [0.1, 0.15) is 0 Å². The number of nitrogens with one attached hydrogen (secondary N) is 4. The summed E-state index contributed by atoms with van der Waals surface area (Å²) in [6, 6.07) is 0.854. The van der Waals surface area contributed by atoms with E-state index in [0.717, 1.165) is 45.1 Å². The van der Waals surface area contributed by atoms with Crippen LogP contribution in [0.1, 0.15) is 66.2 Å². The fraction of sp³-hybridized carbons (Fsp3) is 0.920. The molecule has 0 spiro atoms. The largest absolute Gasteiger partial charge is 0.396 e. The summed E-state index contributed by atoms with van der Waals surface area (Å²) in [6.45, 7) is 10.0. The molecule has 8 nitrogen and oxygen atoms in total. The van der Waals surface area contributed by atoms with Gasteiger partial charge in [0, 0.05) is 49.7 Å². The number of fused-ring (bicyclic) bond motifs is 1. The van der Waals surface area contributed by atoms with Gasteiger partial charge in [0.15, 0.2) is 0 Å². The molecule has 0 radical (unpaired) electrons. The monoisotopic (exact) mass is 463 g/mol. The molecule has 5 N–H and O–H groups in total. The summed E-state index contributed by atoms with van der Waals surface area (Å²) in [7, 11) is 0. The van der Waals surface area contributed by atoms with Gasteiger partial charge in [0.25, 0.3) is 0 Å². The van der Waals surface area contributed by atoms with Gasteiger partial charge >= 0.3 is 0 Å². The van der Waals surface area contributed by atoms with Gasteiger partial charge in [0.05, 0.1) is 12.1 Å². The lowest BCUT2D eigenvalue weighted by Crippen LogP contribution is -2.62. The van der Waals surface area contributed by atoms with Crippen LogP contribution in [0.5, 0.6) is 0 Å². The van der Waals surface area contributed by atoms with E-state index >= 15 is 0 Å². The van der Waals surface area contributed by atoms with Crippen LogP contribution in [0.2, 0.25) is 0 Å². The zero-order chi connectivity index (χ0) is 23.7. The van der Waals surface area contributed by atoms with Crippen molar-refractivity contribution in [2.45, 2.75) is 90.5 Å². The van der Waals surface area contributed by atoms with Crippen LogP contribution in [0.25, 0.3) is 0 Å². The summed E-state index contributed by atoms with van der Waals surface area (Å²) in [4.78, 5) is 26.0. The Kier molecular flexibility index (Phi) is 7.98. The van der Waals surface area contributed by atoms with Gasteiger partial charge in [-0.15, -0.1) is 0 Å². The Morgan fingerprint density at radius 3 is 2.55 bits per heavy atom. The lowest BCUT2D eigenvalue weighted by atomic mass is 9.72. The third-order valence-electron chi connectivity index (χ3n) is 8.87. The summed E-state index contributed by atoms with van der Waals surface area (Å²) in [5.74, 6) is 1.43. The number of amides is 2. The molecule has 8 heteroatoms.